The summed E-state index contributed by atoms with van der Waals surface area (Å²) in [5.74, 6) is 1.09. The zero-order chi connectivity index (χ0) is 11.1. The Balaban J connectivity index is 1.96. The number of carbonyl (C=O) groups excluding carboxylic acids is 1. The Bertz CT molecular complexity index is 457. The Morgan fingerprint density at radius 3 is 2.81 bits per heavy atom. The summed E-state index contributed by atoms with van der Waals surface area (Å²) in [5.41, 5.74) is 0.564. The molecule has 1 amide bonds. The topological polar surface area (TPSA) is 38.8 Å². The number of carbonyl (C=O) groups is 1. The molecule has 1 aromatic rings. The number of hydrogen-bond acceptors (Lipinski definition) is 3. The summed E-state index contributed by atoms with van der Waals surface area (Å²) in [6.45, 7) is 1.81. The fourth-order valence-corrected chi connectivity index (χ4v) is 2.06. The predicted octanol–water partition coefficient (Wildman–Crippen LogP) is 1.91. The van der Waals surface area contributed by atoms with Crippen LogP contribution in [0.4, 0.5) is 0 Å². The lowest BCUT2D eigenvalue weighted by Gasteiger charge is -2.30. The molecule has 1 fully saturated rings. The van der Waals surface area contributed by atoms with Crippen LogP contribution in [0.1, 0.15) is 16.8 Å². The van der Waals surface area contributed by atoms with Crippen molar-refractivity contribution in [3.8, 4) is 11.5 Å². The van der Waals surface area contributed by atoms with Crippen molar-refractivity contribution < 1.29 is 14.3 Å². The molecule has 2 aliphatic rings. The Labute approximate surface area is 97.7 Å². The van der Waals surface area contributed by atoms with Crippen molar-refractivity contribution in [1.82, 2.24) is 4.90 Å². The van der Waals surface area contributed by atoms with Gasteiger partial charge in [0.2, 0.25) is 6.79 Å². The Morgan fingerprint density at radius 2 is 2.12 bits per heavy atom. The van der Waals surface area contributed by atoms with Gasteiger partial charge in [0.05, 0.1) is 5.02 Å². The minimum Gasteiger partial charge on any atom is -0.454 e. The summed E-state index contributed by atoms with van der Waals surface area (Å²) in [5, 5.41) is 0.430. The van der Waals surface area contributed by atoms with Gasteiger partial charge in [-0.3, -0.25) is 4.79 Å². The molecule has 1 saturated heterocycles. The van der Waals surface area contributed by atoms with Gasteiger partial charge < -0.3 is 14.4 Å². The smallest absolute Gasteiger partial charge is 0.254 e. The average molecular weight is 240 g/mol. The van der Waals surface area contributed by atoms with Crippen LogP contribution in [0.2, 0.25) is 5.02 Å². The summed E-state index contributed by atoms with van der Waals surface area (Å²) < 4.78 is 10.4. The van der Waals surface area contributed by atoms with E-state index in [1.165, 1.54) is 0 Å². The molecule has 4 nitrogen and oxygen atoms in total. The molecule has 5 heteroatoms. The Hall–Kier alpha value is -1.42. The van der Waals surface area contributed by atoms with E-state index < -0.39 is 0 Å². The van der Waals surface area contributed by atoms with Crippen LogP contribution in [-0.2, 0) is 0 Å². The first kappa shape index (κ1) is 9.78. The van der Waals surface area contributed by atoms with Gasteiger partial charge in [-0.05, 0) is 18.6 Å². The van der Waals surface area contributed by atoms with Gasteiger partial charge in [0.25, 0.3) is 5.91 Å². The molecular weight excluding hydrogens is 230 g/mol. The molecule has 2 heterocycles. The van der Waals surface area contributed by atoms with Crippen LogP contribution in [0.25, 0.3) is 0 Å². The maximum atomic E-state index is 11.9. The Morgan fingerprint density at radius 1 is 1.31 bits per heavy atom. The highest BCUT2D eigenvalue weighted by Gasteiger charge is 2.25. The first-order valence-electron chi connectivity index (χ1n) is 5.14. The maximum Gasteiger partial charge on any atom is 0.254 e. The first-order valence-corrected chi connectivity index (χ1v) is 5.52. The molecule has 0 saturated carbocycles. The molecule has 0 aromatic heterocycles. The molecule has 0 bridgehead atoms. The lowest BCUT2D eigenvalue weighted by atomic mass is 10.1. The van der Waals surface area contributed by atoms with Crippen molar-refractivity contribution in [2.75, 3.05) is 19.9 Å². The second-order valence-electron chi connectivity index (χ2n) is 3.84. The fraction of sp³-hybridized carbons (Fsp3) is 0.364. The summed E-state index contributed by atoms with van der Waals surface area (Å²) in [6, 6.07) is 3.32. The summed E-state index contributed by atoms with van der Waals surface area (Å²) in [7, 11) is 0. The molecule has 1 aromatic carbocycles. The van der Waals surface area contributed by atoms with E-state index in [4.69, 9.17) is 21.1 Å². The number of nitrogens with zero attached hydrogens (tertiary/aromatic N) is 1. The van der Waals surface area contributed by atoms with E-state index in [0.29, 0.717) is 22.1 Å². The molecule has 0 spiro atoms. The van der Waals surface area contributed by atoms with Crippen LogP contribution in [-0.4, -0.2) is 30.7 Å². The molecule has 2 aliphatic heterocycles. The lowest BCUT2D eigenvalue weighted by molar-refractivity contribution is 0.0651. The van der Waals surface area contributed by atoms with E-state index in [1.807, 2.05) is 0 Å². The van der Waals surface area contributed by atoms with Crippen LogP contribution in [0.15, 0.2) is 12.1 Å². The van der Waals surface area contributed by atoms with E-state index in [-0.39, 0.29) is 12.7 Å². The number of halogens is 1. The van der Waals surface area contributed by atoms with Gasteiger partial charge in [-0.1, -0.05) is 11.6 Å². The van der Waals surface area contributed by atoms with Crippen molar-refractivity contribution >= 4 is 17.5 Å². The molecule has 16 heavy (non-hydrogen) atoms. The van der Waals surface area contributed by atoms with Gasteiger partial charge in [-0.15, -0.1) is 0 Å². The van der Waals surface area contributed by atoms with Crippen LogP contribution < -0.4 is 9.47 Å². The third-order valence-electron chi connectivity index (χ3n) is 2.82. The van der Waals surface area contributed by atoms with Crippen molar-refractivity contribution in [3.05, 3.63) is 22.7 Å². The highest BCUT2D eigenvalue weighted by Crippen LogP contribution is 2.40. The zero-order valence-electron chi connectivity index (χ0n) is 8.53. The second kappa shape index (κ2) is 3.56. The van der Waals surface area contributed by atoms with Crippen molar-refractivity contribution in [3.63, 3.8) is 0 Å². The van der Waals surface area contributed by atoms with E-state index >= 15 is 0 Å². The van der Waals surface area contributed by atoms with Gasteiger partial charge in [-0.25, -0.2) is 0 Å². The molecule has 0 unspecified atom stereocenters. The molecule has 0 N–H and O–H groups in total. The van der Waals surface area contributed by atoms with Crippen LogP contribution >= 0.6 is 11.6 Å². The van der Waals surface area contributed by atoms with Crippen molar-refractivity contribution in [1.29, 1.82) is 0 Å². The van der Waals surface area contributed by atoms with Gasteiger partial charge in [0.1, 0.15) is 0 Å². The monoisotopic (exact) mass is 239 g/mol. The molecular formula is C11H10ClNO3. The van der Waals surface area contributed by atoms with Crippen LogP contribution in [0, 0.1) is 0 Å². The largest absolute Gasteiger partial charge is 0.454 e. The van der Waals surface area contributed by atoms with Crippen molar-refractivity contribution in [2.24, 2.45) is 0 Å². The average Bonchev–Trinajstić information content (AvgIpc) is 2.63. The number of ether oxygens (including phenoxy) is 2. The van der Waals surface area contributed by atoms with Gasteiger partial charge in [0, 0.05) is 18.7 Å². The molecule has 84 valence electrons. The first-order chi connectivity index (χ1) is 7.75. The fourth-order valence-electron chi connectivity index (χ4n) is 1.79. The number of rotatable bonds is 1. The highest BCUT2D eigenvalue weighted by atomic mass is 35.5. The van der Waals surface area contributed by atoms with Crippen molar-refractivity contribution in [2.45, 2.75) is 6.42 Å². The van der Waals surface area contributed by atoms with Gasteiger partial charge in [0.15, 0.2) is 11.5 Å². The van der Waals surface area contributed by atoms with E-state index in [9.17, 15) is 4.79 Å². The van der Waals surface area contributed by atoms with Crippen LogP contribution in [0.3, 0.4) is 0 Å². The minimum atomic E-state index is 0.00597. The summed E-state index contributed by atoms with van der Waals surface area (Å²) >= 11 is 6.01. The quantitative estimate of drug-likeness (QED) is 0.752. The van der Waals surface area contributed by atoms with E-state index in [2.05, 4.69) is 0 Å². The summed E-state index contributed by atoms with van der Waals surface area (Å²) in [6.07, 6.45) is 1.07. The molecule has 0 atom stereocenters. The van der Waals surface area contributed by atoms with E-state index in [1.54, 1.807) is 17.0 Å². The van der Waals surface area contributed by atoms with E-state index in [0.717, 1.165) is 19.5 Å². The van der Waals surface area contributed by atoms with Gasteiger partial charge in [-0.2, -0.15) is 0 Å². The number of likely N-dealkylation sites (tertiary alicyclic amines) is 1. The standard InChI is InChI=1S/C11H10ClNO3/c12-8-4-7(11(14)13-2-1-3-13)5-9-10(8)16-6-15-9/h4-5H,1-3,6H2. The number of hydrogen-bond donors (Lipinski definition) is 0. The third-order valence-corrected chi connectivity index (χ3v) is 3.10. The maximum absolute atomic E-state index is 11.9. The number of benzene rings is 1. The predicted molar refractivity (Wildman–Crippen MR) is 58.1 cm³/mol. The highest BCUT2D eigenvalue weighted by molar-refractivity contribution is 6.32. The molecule has 0 aliphatic carbocycles. The normalized spacial score (nSPS) is 17.2. The summed E-state index contributed by atoms with van der Waals surface area (Å²) in [4.78, 5) is 13.7. The SMILES string of the molecule is O=C(c1cc(Cl)c2c(c1)OCO2)N1CCC1. The second-order valence-corrected chi connectivity index (χ2v) is 4.24. The Kier molecular flexibility index (Phi) is 2.17. The number of fused-ring (bicyclic) bond motifs is 1. The third kappa shape index (κ3) is 1.41. The lowest BCUT2D eigenvalue weighted by Crippen LogP contribution is -2.41. The molecule has 3 rings (SSSR count). The zero-order valence-corrected chi connectivity index (χ0v) is 9.29. The molecule has 0 radical (unpaired) electrons. The van der Waals surface area contributed by atoms with Gasteiger partial charge >= 0.3 is 0 Å². The number of amides is 1. The minimum absolute atomic E-state index is 0.00597. The van der Waals surface area contributed by atoms with Crippen LogP contribution in [0.5, 0.6) is 11.5 Å².